The minimum Gasteiger partial charge on any atom is -0.418 e. The van der Waals surface area contributed by atoms with E-state index in [1.165, 1.54) is 12.1 Å². The van der Waals surface area contributed by atoms with Crippen LogP contribution in [-0.2, 0) is 4.57 Å². The molecule has 4 nitrogen and oxygen atoms in total. The highest BCUT2D eigenvalue weighted by Crippen LogP contribution is 2.51. The summed E-state index contributed by atoms with van der Waals surface area (Å²) in [5, 5.41) is 2.65. The molecule has 2 aromatic carbocycles. The minimum absolute atomic E-state index is 0.327. The van der Waals surface area contributed by atoms with E-state index in [0.717, 1.165) is 5.56 Å². The SMILES string of the molecule is Cc1ccc(NP(=O)(Cl)Oc2ccc(C=O)cc2)cc1. The summed E-state index contributed by atoms with van der Waals surface area (Å²) in [5.74, 6) is 0.327. The largest absolute Gasteiger partial charge is 0.435 e. The molecule has 1 N–H and O–H groups in total. The third-order valence-electron chi connectivity index (χ3n) is 2.55. The van der Waals surface area contributed by atoms with Crippen molar-refractivity contribution in [1.82, 2.24) is 0 Å². The second kappa shape index (κ2) is 6.12. The summed E-state index contributed by atoms with van der Waals surface area (Å²) in [5.41, 5.74) is 2.21. The molecule has 0 aliphatic carbocycles. The Morgan fingerprint density at radius 1 is 1.10 bits per heavy atom. The maximum atomic E-state index is 12.2. The Labute approximate surface area is 122 Å². The van der Waals surface area contributed by atoms with Crippen LogP contribution in [0.3, 0.4) is 0 Å². The lowest BCUT2D eigenvalue weighted by Crippen LogP contribution is -1.98. The Morgan fingerprint density at radius 3 is 2.25 bits per heavy atom. The standard InChI is InChI=1S/C14H13ClNO3P/c1-11-2-6-13(7-3-11)16-20(15,18)19-14-8-4-12(10-17)5-9-14/h2-10H,1H3,(H,16,18). The molecule has 0 amide bonds. The first kappa shape index (κ1) is 14.6. The average molecular weight is 310 g/mol. The molecule has 104 valence electrons. The van der Waals surface area contributed by atoms with Crippen molar-refractivity contribution < 1.29 is 13.9 Å². The number of anilines is 1. The molecule has 6 heteroatoms. The molecular weight excluding hydrogens is 297 g/mol. The van der Waals surface area contributed by atoms with Crippen LogP contribution in [0.15, 0.2) is 48.5 Å². The topological polar surface area (TPSA) is 55.4 Å². The summed E-state index contributed by atoms with van der Waals surface area (Å²) in [7, 11) is 0. The van der Waals surface area contributed by atoms with Gasteiger partial charge < -0.3 is 4.52 Å². The van der Waals surface area contributed by atoms with Crippen LogP contribution in [0.1, 0.15) is 15.9 Å². The van der Waals surface area contributed by atoms with E-state index in [0.29, 0.717) is 23.3 Å². The third kappa shape index (κ3) is 4.12. The van der Waals surface area contributed by atoms with Gasteiger partial charge in [0.1, 0.15) is 12.0 Å². The van der Waals surface area contributed by atoms with Crippen molar-refractivity contribution in [3.05, 3.63) is 59.7 Å². The minimum atomic E-state index is -3.54. The van der Waals surface area contributed by atoms with Crippen molar-refractivity contribution in [3.63, 3.8) is 0 Å². The van der Waals surface area contributed by atoms with Crippen LogP contribution in [-0.4, -0.2) is 6.29 Å². The Balaban J connectivity index is 2.07. The summed E-state index contributed by atoms with van der Waals surface area (Å²) in [4.78, 5) is 10.5. The fourth-order valence-corrected chi connectivity index (χ4v) is 2.98. The summed E-state index contributed by atoms with van der Waals surface area (Å²) in [6.07, 6.45) is 0.717. The second-order valence-corrected chi connectivity index (χ2v) is 6.94. The molecule has 0 fully saturated rings. The van der Waals surface area contributed by atoms with Gasteiger partial charge in [-0.15, -0.1) is 0 Å². The first-order valence-electron chi connectivity index (χ1n) is 5.88. The molecule has 0 saturated carbocycles. The molecule has 0 spiro atoms. The molecule has 1 unspecified atom stereocenters. The van der Waals surface area contributed by atoms with Crippen molar-refractivity contribution in [1.29, 1.82) is 0 Å². The Morgan fingerprint density at radius 2 is 1.70 bits per heavy atom. The van der Waals surface area contributed by atoms with Crippen LogP contribution in [0.25, 0.3) is 0 Å². The van der Waals surface area contributed by atoms with Crippen LogP contribution in [0.4, 0.5) is 5.69 Å². The number of carbonyl (C=O) groups is 1. The summed E-state index contributed by atoms with van der Waals surface area (Å²) >= 11 is 5.87. The smallest absolute Gasteiger partial charge is 0.418 e. The van der Waals surface area contributed by atoms with Crippen LogP contribution in [0.2, 0.25) is 0 Å². The van der Waals surface area contributed by atoms with Gasteiger partial charge in [-0.25, -0.2) is 4.57 Å². The predicted molar refractivity (Wildman–Crippen MR) is 80.7 cm³/mol. The third-order valence-corrected chi connectivity index (χ3v) is 3.98. The first-order chi connectivity index (χ1) is 9.48. The molecule has 1 atom stereocenters. The molecule has 0 radical (unpaired) electrons. The van der Waals surface area contributed by atoms with E-state index in [4.69, 9.17) is 15.8 Å². The summed E-state index contributed by atoms with van der Waals surface area (Å²) in [6, 6.07) is 13.5. The van der Waals surface area contributed by atoms with Crippen LogP contribution >= 0.6 is 18.1 Å². The molecule has 0 heterocycles. The van der Waals surface area contributed by atoms with Gasteiger partial charge in [-0.1, -0.05) is 17.7 Å². The van der Waals surface area contributed by atoms with Gasteiger partial charge >= 0.3 is 6.87 Å². The molecule has 20 heavy (non-hydrogen) atoms. The normalized spacial score (nSPS) is 13.3. The number of aryl methyl sites for hydroxylation is 1. The van der Waals surface area contributed by atoms with Gasteiger partial charge in [-0.3, -0.25) is 9.88 Å². The lowest BCUT2D eigenvalue weighted by molar-refractivity contribution is 0.112. The maximum Gasteiger partial charge on any atom is 0.435 e. The highest BCUT2D eigenvalue weighted by atomic mass is 35.7. The van der Waals surface area contributed by atoms with Gasteiger partial charge in [0.05, 0.1) is 0 Å². The van der Waals surface area contributed by atoms with Crippen molar-refractivity contribution in [2.45, 2.75) is 6.92 Å². The number of nitrogens with one attached hydrogen (secondary N) is 1. The molecule has 2 rings (SSSR count). The molecule has 0 saturated heterocycles. The van der Waals surface area contributed by atoms with E-state index in [9.17, 15) is 9.36 Å². The van der Waals surface area contributed by atoms with E-state index < -0.39 is 6.87 Å². The molecule has 0 aliphatic rings. The number of hydrogen-bond donors (Lipinski definition) is 1. The fourth-order valence-electron chi connectivity index (χ4n) is 1.55. The van der Waals surface area contributed by atoms with Gasteiger partial charge in [-0.05, 0) is 43.3 Å². The average Bonchev–Trinajstić information content (AvgIpc) is 2.41. The van der Waals surface area contributed by atoms with Crippen molar-refractivity contribution in [2.24, 2.45) is 0 Å². The molecule has 0 aliphatic heterocycles. The highest BCUT2D eigenvalue weighted by Gasteiger charge is 2.21. The van der Waals surface area contributed by atoms with Gasteiger partial charge in [0.2, 0.25) is 0 Å². The number of rotatable bonds is 5. The molecule has 2 aromatic rings. The maximum absolute atomic E-state index is 12.2. The van der Waals surface area contributed by atoms with Crippen LogP contribution < -0.4 is 9.61 Å². The summed E-state index contributed by atoms with van der Waals surface area (Å²) in [6.45, 7) is -1.59. The predicted octanol–water partition coefficient (Wildman–Crippen LogP) is 4.65. The zero-order valence-corrected chi connectivity index (χ0v) is 12.4. The number of carbonyl (C=O) groups excluding carboxylic acids is 1. The Hall–Kier alpha value is -1.77. The lowest BCUT2D eigenvalue weighted by atomic mass is 10.2. The van der Waals surface area contributed by atoms with E-state index in [2.05, 4.69) is 5.09 Å². The zero-order chi connectivity index (χ0) is 14.6. The van der Waals surface area contributed by atoms with Crippen molar-refractivity contribution in [2.75, 3.05) is 5.09 Å². The van der Waals surface area contributed by atoms with E-state index in [1.54, 1.807) is 24.3 Å². The Kier molecular flexibility index (Phi) is 4.48. The monoisotopic (exact) mass is 309 g/mol. The van der Waals surface area contributed by atoms with Crippen molar-refractivity contribution >= 4 is 30.1 Å². The number of benzene rings is 2. The first-order valence-corrected chi connectivity index (χ1v) is 8.41. The number of halogens is 1. The molecule has 0 bridgehead atoms. The number of hydrogen-bond acceptors (Lipinski definition) is 3. The van der Waals surface area contributed by atoms with Gasteiger partial charge in [0.25, 0.3) is 0 Å². The number of aldehydes is 1. The molecular formula is C14H13ClNO3P. The van der Waals surface area contributed by atoms with Gasteiger partial charge in [0.15, 0.2) is 0 Å². The second-order valence-electron chi connectivity index (χ2n) is 4.24. The lowest BCUT2D eigenvalue weighted by Gasteiger charge is -2.15. The van der Waals surface area contributed by atoms with Crippen LogP contribution in [0, 0.1) is 6.92 Å². The van der Waals surface area contributed by atoms with E-state index in [1.807, 2.05) is 19.1 Å². The van der Waals surface area contributed by atoms with E-state index >= 15 is 0 Å². The summed E-state index contributed by atoms with van der Waals surface area (Å²) < 4.78 is 17.4. The van der Waals surface area contributed by atoms with Gasteiger partial charge in [0, 0.05) is 22.5 Å². The van der Waals surface area contributed by atoms with Crippen molar-refractivity contribution in [3.8, 4) is 5.75 Å². The van der Waals surface area contributed by atoms with E-state index in [-0.39, 0.29) is 0 Å². The fraction of sp³-hybridized carbons (Fsp3) is 0.0714. The quantitative estimate of drug-likeness (QED) is 0.645. The Bertz CT molecular complexity index is 640. The highest BCUT2D eigenvalue weighted by molar-refractivity contribution is 7.86. The van der Waals surface area contributed by atoms with Gasteiger partial charge in [-0.2, -0.15) is 0 Å². The zero-order valence-electron chi connectivity index (χ0n) is 10.7. The molecule has 0 aromatic heterocycles. The van der Waals surface area contributed by atoms with Crippen LogP contribution in [0.5, 0.6) is 5.75 Å².